The van der Waals surface area contributed by atoms with E-state index in [9.17, 15) is 18.0 Å². The van der Waals surface area contributed by atoms with Crippen LogP contribution in [0.1, 0.15) is 16.7 Å². The average molecular weight is 392 g/mol. The van der Waals surface area contributed by atoms with E-state index in [4.69, 9.17) is 14.7 Å². The van der Waals surface area contributed by atoms with Crippen molar-refractivity contribution in [2.24, 2.45) is 5.16 Å². The fraction of sp³-hybridized carbons (Fsp3) is 0.158. The number of carbonyl (C=O) groups is 1. The van der Waals surface area contributed by atoms with Crippen LogP contribution in [0, 0.1) is 0 Å². The largest absolute Gasteiger partial charge is 0.482 e. The van der Waals surface area contributed by atoms with Crippen LogP contribution in [0.5, 0.6) is 5.75 Å². The van der Waals surface area contributed by atoms with Gasteiger partial charge in [0, 0.05) is 22.7 Å². The van der Waals surface area contributed by atoms with Crippen LogP contribution in [0.2, 0.25) is 0 Å². The lowest BCUT2D eigenvalue weighted by atomic mass is 10.1. The zero-order chi connectivity index (χ0) is 20.1. The number of aliphatic carboxylic acids is 1. The highest BCUT2D eigenvalue weighted by molar-refractivity contribution is 5.99. The highest BCUT2D eigenvalue weighted by atomic mass is 19.4. The molecule has 3 rings (SSSR count). The van der Waals surface area contributed by atoms with Crippen LogP contribution in [0.15, 0.2) is 53.8 Å². The Hall–Kier alpha value is -3.49. The molecule has 1 heterocycles. The molecule has 0 fully saturated rings. The number of H-pyrrole nitrogens is 1. The molecule has 0 aliphatic heterocycles. The normalized spacial score (nSPS) is 11.8. The molecule has 2 N–H and O–H groups in total. The quantitative estimate of drug-likeness (QED) is 0.466. The van der Waals surface area contributed by atoms with Crippen molar-refractivity contribution in [3.63, 3.8) is 0 Å². The number of aromatic nitrogens is 1. The molecule has 1 aromatic heterocycles. The van der Waals surface area contributed by atoms with Crippen molar-refractivity contribution < 1.29 is 32.6 Å². The van der Waals surface area contributed by atoms with Crippen LogP contribution in [0.4, 0.5) is 13.2 Å². The van der Waals surface area contributed by atoms with E-state index in [-0.39, 0.29) is 6.61 Å². The standard InChI is InChI=1S/C19H15F3N2O4/c20-19(21,22)14-3-1-12(2-4-14)10-28-24-9-13-8-23-17-6-5-15(7-16(13)17)27-11-18(25)26/h1-9,23H,10-11H2,(H,25,26). The third-order valence-corrected chi connectivity index (χ3v) is 3.83. The maximum absolute atomic E-state index is 12.5. The van der Waals surface area contributed by atoms with Gasteiger partial charge in [-0.25, -0.2) is 4.79 Å². The summed E-state index contributed by atoms with van der Waals surface area (Å²) in [7, 11) is 0. The Balaban J connectivity index is 1.63. The van der Waals surface area contributed by atoms with Crippen LogP contribution in [-0.2, 0) is 22.4 Å². The number of carboxylic acids is 1. The van der Waals surface area contributed by atoms with Gasteiger partial charge >= 0.3 is 12.1 Å². The number of rotatable bonds is 7. The Morgan fingerprint density at radius 1 is 1.18 bits per heavy atom. The van der Waals surface area contributed by atoms with Gasteiger partial charge in [-0.2, -0.15) is 13.2 Å². The fourth-order valence-corrected chi connectivity index (χ4v) is 2.46. The Morgan fingerprint density at radius 3 is 2.61 bits per heavy atom. The Labute approximate surface area is 157 Å². The first-order chi connectivity index (χ1) is 13.3. The molecule has 0 aliphatic carbocycles. The lowest BCUT2D eigenvalue weighted by Crippen LogP contribution is -2.09. The molecule has 0 aliphatic rings. The molecule has 6 nitrogen and oxygen atoms in total. The van der Waals surface area contributed by atoms with Gasteiger partial charge in [-0.3, -0.25) is 0 Å². The maximum atomic E-state index is 12.5. The summed E-state index contributed by atoms with van der Waals surface area (Å²) in [6, 6.07) is 9.69. The topological polar surface area (TPSA) is 83.9 Å². The van der Waals surface area contributed by atoms with Crippen molar-refractivity contribution in [2.45, 2.75) is 12.8 Å². The number of carboxylic acid groups (broad SMARTS) is 1. The molecular weight excluding hydrogens is 377 g/mol. The van der Waals surface area contributed by atoms with Crippen molar-refractivity contribution in [3.8, 4) is 5.75 Å². The number of aromatic amines is 1. The lowest BCUT2D eigenvalue weighted by molar-refractivity contribution is -0.139. The summed E-state index contributed by atoms with van der Waals surface area (Å²) in [5.74, 6) is -0.678. The molecule has 9 heteroatoms. The number of hydrogen-bond acceptors (Lipinski definition) is 4. The van der Waals surface area contributed by atoms with Crippen LogP contribution in [0.25, 0.3) is 10.9 Å². The van der Waals surface area contributed by atoms with E-state index in [1.807, 2.05) is 0 Å². The molecule has 0 saturated carbocycles. The monoisotopic (exact) mass is 392 g/mol. The molecule has 3 aromatic rings. The van der Waals surface area contributed by atoms with Gasteiger partial charge in [-0.05, 0) is 35.9 Å². The number of benzene rings is 2. The van der Waals surface area contributed by atoms with Gasteiger partial charge in [0.1, 0.15) is 12.4 Å². The zero-order valence-corrected chi connectivity index (χ0v) is 14.4. The van der Waals surface area contributed by atoms with Crippen LogP contribution in [-0.4, -0.2) is 28.9 Å². The molecule has 0 saturated heterocycles. The SMILES string of the molecule is O=C(O)COc1ccc2[nH]cc(C=NOCc3ccc(C(F)(F)F)cc3)c2c1. The summed E-state index contributed by atoms with van der Waals surface area (Å²) >= 11 is 0. The number of halogens is 3. The third kappa shape index (κ3) is 4.81. The second kappa shape index (κ2) is 8.03. The second-order valence-electron chi connectivity index (χ2n) is 5.84. The van der Waals surface area contributed by atoms with Crippen LogP contribution >= 0.6 is 0 Å². The van der Waals surface area contributed by atoms with E-state index in [1.54, 1.807) is 24.4 Å². The van der Waals surface area contributed by atoms with E-state index in [0.717, 1.165) is 23.0 Å². The smallest absolute Gasteiger partial charge is 0.416 e. The van der Waals surface area contributed by atoms with Gasteiger partial charge in [0.15, 0.2) is 6.61 Å². The van der Waals surface area contributed by atoms with Crippen LogP contribution < -0.4 is 4.74 Å². The first kappa shape index (κ1) is 19.3. The molecule has 0 unspecified atom stereocenters. The number of oxime groups is 1. The number of nitrogens with one attached hydrogen (secondary N) is 1. The molecular formula is C19H15F3N2O4. The summed E-state index contributed by atoms with van der Waals surface area (Å²) in [5.41, 5.74) is 1.31. The van der Waals surface area contributed by atoms with Crippen molar-refractivity contribution in [1.29, 1.82) is 0 Å². The van der Waals surface area contributed by atoms with Gasteiger partial charge in [0.25, 0.3) is 0 Å². The summed E-state index contributed by atoms with van der Waals surface area (Å²) in [6.07, 6.45) is -1.24. The molecule has 0 bridgehead atoms. The van der Waals surface area contributed by atoms with Crippen LogP contribution in [0.3, 0.4) is 0 Å². The highest BCUT2D eigenvalue weighted by Gasteiger charge is 2.29. The average Bonchev–Trinajstić information content (AvgIpc) is 3.05. The van der Waals surface area contributed by atoms with Crippen molar-refractivity contribution in [3.05, 3.63) is 65.4 Å². The minimum atomic E-state index is -4.38. The molecule has 0 spiro atoms. The zero-order valence-electron chi connectivity index (χ0n) is 14.4. The number of alkyl halides is 3. The van der Waals surface area contributed by atoms with E-state index < -0.39 is 24.3 Å². The molecule has 2 aromatic carbocycles. The van der Waals surface area contributed by atoms with Crippen molar-refractivity contribution in [2.75, 3.05) is 6.61 Å². The van der Waals surface area contributed by atoms with Gasteiger partial charge in [-0.1, -0.05) is 17.3 Å². The fourth-order valence-electron chi connectivity index (χ4n) is 2.46. The van der Waals surface area contributed by atoms with E-state index in [1.165, 1.54) is 18.3 Å². The lowest BCUT2D eigenvalue weighted by Gasteiger charge is -2.06. The number of nitrogens with zero attached hydrogens (tertiary/aromatic N) is 1. The molecule has 0 amide bonds. The Bertz CT molecular complexity index is 995. The molecule has 28 heavy (non-hydrogen) atoms. The van der Waals surface area contributed by atoms with Gasteiger partial charge in [0.05, 0.1) is 11.8 Å². The third-order valence-electron chi connectivity index (χ3n) is 3.83. The van der Waals surface area contributed by atoms with Crippen molar-refractivity contribution in [1.82, 2.24) is 4.98 Å². The van der Waals surface area contributed by atoms with E-state index >= 15 is 0 Å². The summed E-state index contributed by atoms with van der Waals surface area (Å²) in [6.45, 7) is -0.431. The van der Waals surface area contributed by atoms with Gasteiger partial charge in [-0.15, -0.1) is 0 Å². The minimum Gasteiger partial charge on any atom is -0.482 e. The Kier molecular flexibility index (Phi) is 5.53. The predicted octanol–water partition coefficient (Wildman–Crippen LogP) is 4.20. The number of fused-ring (bicyclic) bond motifs is 1. The van der Waals surface area contributed by atoms with Gasteiger partial charge in [0.2, 0.25) is 0 Å². The summed E-state index contributed by atoms with van der Waals surface area (Å²) in [4.78, 5) is 18.8. The predicted molar refractivity (Wildman–Crippen MR) is 95.3 cm³/mol. The maximum Gasteiger partial charge on any atom is 0.416 e. The Morgan fingerprint density at radius 2 is 1.93 bits per heavy atom. The minimum absolute atomic E-state index is 0.0178. The highest BCUT2D eigenvalue weighted by Crippen LogP contribution is 2.29. The second-order valence-corrected chi connectivity index (χ2v) is 5.84. The summed E-state index contributed by atoms with van der Waals surface area (Å²) < 4.78 is 42.7. The molecule has 0 radical (unpaired) electrons. The number of hydrogen-bond donors (Lipinski definition) is 2. The van der Waals surface area contributed by atoms with E-state index in [0.29, 0.717) is 16.9 Å². The first-order valence-electron chi connectivity index (χ1n) is 8.10. The molecule has 0 atom stereocenters. The number of ether oxygens (including phenoxy) is 1. The molecule has 146 valence electrons. The van der Waals surface area contributed by atoms with E-state index in [2.05, 4.69) is 10.1 Å². The van der Waals surface area contributed by atoms with Gasteiger partial charge < -0.3 is 19.7 Å². The summed E-state index contributed by atoms with van der Waals surface area (Å²) in [5, 5.41) is 13.3. The first-order valence-corrected chi connectivity index (χ1v) is 8.10. The van der Waals surface area contributed by atoms with Crippen molar-refractivity contribution >= 4 is 23.1 Å².